The van der Waals surface area contributed by atoms with Crippen molar-refractivity contribution in [3.05, 3.63) is 47.6 Å². The highest BCUT2D eigenvalue weighted by Crippen LogP contribution is 2.45. The highest BCUT2D eigenvalue weighted by Gasteiger charge is 2.53. The minimum absolute atomic E-state index is 0.0187. The van der Waals surface area contributed by atoms with Crippen LogP contribution >= 0.6 is 7.37 Å². The monoisotopic (exact) mass is 1010 g/mol. The molecule has 4 rings (SSSR count). The number of Topliss-reactive ketones (excluding diaryl/α,β-unsaturated/α-hetero) is 3. The van der Waals surface area contributed by atoms with Crippen molar-refractivity contribution in [2.24, 2.45) is 41.4 Å². The molecule has 2 bridgehead atoms. The van der Waals surface area contributed by atoms with Crippen LogP contribution in [0.5, 0.6) is 0 Å². The Kier molecular flexibility index (Phi) is 20.3. The van der Waals surface area contributed by atoms with Gasteiger partial charge in [-0.2, -0.15) is 0 Å². The predicted octanol–water partition coefficient (Wildman–Crippen LogP) is 7.99. The van der Waals surface area contributed by atoms with Crippen molar-refractivity contribution >= 4 is 36.6 Å². The van der Waals surface area contributed by atoms with E-state index in [1.165, 1.54) is 54.1 Å². The van der Waals surface area contributed by atoms with Crippen LogP contribution < -0.4 is 0 Å². The van der Waals surface area contributed by atoms with E-state index in [0.29, 0.717) is 44.1 Å². The Bertz CT molecular complexity index is 2170. The number of carbonyl (C=O) groups excluding carboxylic acids is 5. The van der Waals surface area contributed by atoms with Gasteiger partial charge >= 0.3 is 5.97 Å². The lowest BCUT2D eigenvalue weighted by Gasteiger charge is -2.42. The fourth-order valence-electron chi connectivity index (χ4n) is 10.1. The summed E-state index contributed by atoms with van der Waals surface area (Å²) in [6, 6.07) is -1.30. The van der Waals surface area contributed by atoms with Crippen molar-refractivity contribution in [3.63, 3.8) is 0 Å². The number of nitrogens with zero attached hydrogens (tertiary/aromatic N) is 1. The number of esters is 1. The van der Waals surface area contributed by atoms with Crippen LogP contribution in [0.25, 0.3) is 0 Å². The molecular formula is C54H86NO14P. The third-order valence-corrected chi connectivity index (χ3v) is 15.7. The topological polar surface area (TPSA) is 202 Å². The van der Waals surface area contributed by atoms with Gasteiger partial charge in [-0.3, -0.25) is 23.7 Å². The average molecular weight is 1010 g/mol. The molecule has 1 amide bonds. The molecule has 3 aliphatic heterocycles. The Morgan fingerprint density at radius 2 is 1.61 bits per heavy atom. The van der Waals surface area contributed by atoms with Crippen molar-refractivity contribution in [1.29, 1.82) is 0 Å². The molecule has 0 aromatic heterocycles. The van der Waals surface area contributed by atoms with Crippen LogP contribution in [0.2, 0.25) is 0 Å². The van der Waals surface area contributed by atoms with E-state index in [0.717, 1.165) is 4.90 Å². The van der Waals surface area contributed by atoms with Crippen molar-refractivity contribution in [2.45, 2.75) is 181 Å². The minimum atomic E-state index is -2.92. The van der Waals surface area contributed by atoms with Gasteiger partial charge in [-0.25, -0.2) is 4.79 Å². The highest BCUT2D eigenvalue weighted by molar-refractivity contribution is 7.57. The van der Waals surface area contributed by atoms with E-state index in [2.05, 4.69) is 0 Å². The molecule has 3 heterocycles. The zero-order chi connectivity index (χ0) is 55.9. The maximum absolute atomic E-state index is 14.6. The van der Waals surface area contributed by atoms with Gasteiger partial charge in [0.1, 0.15) is 30.1 Å². The molecule has 3 fully saturated rings. The molecule has 4 aliphatic rings. The fraction of sp³-hybridized carbons (Fsp3) is 0.759. The number of allylic oxidation sites excluding steroid dienone is 6. The molecule has 0 radical (unpaired) electrons. The van der Waals surface area contributed by atoms with E-state index >= 15 is 0 Å². The minimum Gasteiger partial charge on any atom is -0.460 e. The van der Waals surface area contributed by atoms with Crippen LogP contribution in [0.4, 0.5) is 0 Å². The summed E-state index contributed by atoms with van der Waals surface area (Å²) in [6.07, 6.45) is 3.48. The number of hydrogen-bond donors (Lipinski definition) is 2. The van der Waals surface area contributed by atoms with Crippen LogP contribution in [-0.4, -0.2) is 140 Å². The summed E-state index contributed by atoms with van der Waals surface area (Å²) in [6.45, 7) is 15.6. The van der Waals surface area contributed by atoms with Crippen molar-refractivity contribution < 1.29 is 72.4 Å². The number of rotatable bonds is 8. The van der Waals surface area contributed by atoms with Gasteiger partial charge < -0.3 is 43.3 Å². The van der Waals surface area contributed by atoms with Gasteiger partial charge in [-0.15, -0.1) is 0 Å². The predicted molar refractivity (Wildman–Crippen MR) is 268 cm³/mol. The lowest BCUT2D eigenvalue weighted by atomic mass is 9.78. The Balaban J connectivity index is 1.79. The average Bonchev–Trinajstić information content (AvgIpc) is 3.33. The van der Waals surface area contributed by atoms with Gasteiger partial charge in [0, 0.05) is 77.3 Å². The third-order valence-electron chi connectivity index (χ3n) is 14.9. The van der Waals surface area contributed by atoms with Gasteiger partial charge in [0.2, 0.25) is 5.79 Å². The third kappa shape index (κ3) is 15.7. The molecule has 16 heteroatoms. The van der Waals surface area contributed by atoms with Gasteiger partial charge in [0.15, 0.2) is 13.2 Å². The number of cyclic esters (lactones) is 1. The molecule has 0 aromatic carbocycles. The van der Waals surface area contributed by atoms with Crippen LogP contribution in [0.3, 0.4) is 0 Å². The number of aliphatic hydroxyl groups is 2. The lowest BCUT2D eigenvalue weighted by Crippen LogP contribution is -2.61. The first-order valence-electron chi connectivity index (χ1n) is 27.0. The number of hydrogen-bond acceptors (Lipinski definition) is 14. The van der Waals surface area contributed by atoms with Crippen LogP contribution in [0, 0.1) is 41.4 Å². The molecular weight excluding hydrogens is 918 g/mol. The van der Waals surface area contributed by atoms with Crippen molar-refractivity contribution in [3.8, 4) is 0 Å². The second-order valence-electron chi connectivity index (χ2n) is 20.5. The molecule has 2 saturated heterocycles. The smallest absolute Gasteiger partial charge is 0.329 e. The first kappa shape index (κ1) is 53.2. The maximum atomic E-state index is 14.6. The van der Waals surface area contributed by atoms with Crippen molar-refractivity contribution in [1.82, 2.24) is 4.90 Å². The summed E-state index contributed by atoms with van der Waals surface area (Å²) in [5.74, 6) is -14.8. The Morgan fingerprint density at radius 3 is 2.26 bits per heavy atom. The zero-order valence-corrected chi connectivity index (χ0v) is 44.8. The first-order chi connectivity index (χ1) is 34.3. The van der Waals surface area contributed by atoms with E-state index in [1.807, 2.05) is 6.92 Å². The second-order valence-corrected chi connectivity index (χ2v) is 23.2. The van der Waals surface area contributed by atoms with E-state index in [4.69, 9.17) is 30.9 Å². The number of fused-ring (bicyclic) bond motifs is 3. The molecule has 15 nitrogen and oxygen atoms in total. The van der Waals surface area contributed by atoms with Crippen LogP contribution in [-0.2, 0) is 56.7 Å². The zero-order valence-electron chi connectivity index (χ0n) is 47.9. The molecule has 70 heavy (non-hydrogen) atoms. The molecule has 2 N–H and O–H groups in total. The number of piperidine rings is 1. The summed E-state index contributed by atoms with van der Waals surface area (Å²) in [5.41, 5.74) is 0.891. The van der Waals surface area contributed by atoms with Gasteiger partial charge in [0.25, 0.3) is 11.7 Å². The molecule has 1 unspecified atom stereocenters. The number of amides is 1. The summed E-state index contributed by atoms with van der Waals surface area (Å²) in [5, 5.41) is 23.7. The Morgan fingerprint density at radius 1 is 0.914 bits per heavy atom. The van der Waals surface area contributed by atoms with E-state index in [-0.39, 0.29) is 61.7 Å². The number of ether oxygens (including phenoxy) is 5. The number of aliphatic hydroxyl groups excluding tert-OH is 1. The largest absolute Gasteiger partial charge is 0.460 e. The molecule has 0 spiro atoms. The quantitative estimate of drug-likeness (QED) is 0.103. The van der Waals surface area contributed by atoms with Crippen LogP contribution in [0.1, 0.15) is 131 Å². The molecule has 396 valence electrons. The SMILES string of the molecule is [2H]C1([2H])C[C@H]2C[C@H](OC)/C(C)=C/C=C/C=C/[C@@]([2H])(C)C([2H])(C)[C@@H](C)C(=O)[C@H](OC)[C@H](O)/C(C)=C/[C@@H](C)C(=O)C[C@@H]([C@H](C)C[C@@H]3CC[C@@H](OP(C)(C)=O)[C@H](OC)C3)OC(=O)[C@@H]3CCCCN3C(=O)C(=O)[C@](O)(O2)[C@@H]1C. The van der Waals surface area contributed by atoms with Crippen LogP contribution in [0.15, 0.2) is 47.6 Å². The van der Waals surface area contributed by atoms with E-state index in [1.54, 1.807) is 65.5 Å². The highest BCUT2D eigenvalue weighted by atomic mass is 31.2. The first-order valence-corrected chi connectivity index (χ1v) is 27.5. The maximum Gasteiger partial charge on any atom is 0.329 e. The summed E-state index contributed by atoms with van der Waals surface area (Å²) < 4.78 is 84.3. The second kappa shape index (κ2) is 26.7. The number of ketones is 3. The fourth-order valence-corrected chi connectivity index (χ4v) is 11.0. The normalized spacial score (nSPS) is 43.4. The molecule has 1 aliphatic carbocycles. The Labute approximate surface area is 423 Å². The number of methoxy groups -OCH3 is 3. The van der Waals surface area contributed by atoms with E-state index < -0.39 is 115 Å². The van der Waals surface area contributed by atoms with Crippen molar-refractivity contribution in [2.75, 3.05) is 41.2 Å². The molecule has 1 saturated carbocycles. The summed E-state index contributed by atoms with van der Waals surface area (Å²) in [7, 11) is 1.44. The molecule has 16 atom stereocenters. The lowest BCUT2D eigenvalue weighted by molar-refractivity contribution is -0.265. The Hall–Kier alpha value is -3.14. The van der Waals surface area contributed by atoms with Gasteiger partial charge in [-0.1, -0.05) is 78.0 Å². The molecule has 0 aromatic rings. The summed E-state index contributed by atoms with van der Waals surface area (Å²) >= 11 is 0. The standard InChI is InChI=1S/C54H86NO14P/c1-32-19-15-14-16-20-33(2)45(64-9)30-41-24-22-37(6)54(62,68-41)51(59)52(60)55-26-18-17-21-42(55)53(61)67-46(35(4)28-40-23-25-44(47(29-40)65-10)69-70(12,13)63)31-43(56)34(3)27-36(5)48(57)50(66-11)49(58)39(8)38(32)7/h14-16,19-20,27,32,34-35,37-42,44-48,50,57,62H,17-18,21-26,28-31H2,1-13H3/b16-14+,19-15+,33-20+,36-27+/t32-,34-,35-,37-,38?,39-,40+,41+,42+,44-,45+,46+,47-,48-,50-,54-/m1/s1/i22D2,32D,38D. The number of carbonyl (C=O) groups is 5. The van der Waals surface area contributed by atoms with E-state index in [9.17, 15) is 41.5 Å². The van der Waals surface area contributed by atoms with Gasteiger partial charge in [0.05, 0.1) is 24.4 Å². The van der Waals surface area contributed by atoms with Gasteiger partial charge in [-0.05, 0) is 106 Å². The summed E-state index contributed by atoms with van der Waals surface area (Å²) in [4.78, 5) is 72.9.